The summed E-state index contributed by atoms with van der Waals surface area (Å²) in [5.74, 6) is -3.32. The molecule has 126 valence electrons. The number of Topliss-reactive ketones (excluding diaryl/α,β-unsaturated/α-hetero) is 1. The van der Waals surface area contributed by atoms with E-state index in [4.69, 9.17) is 0 Å². The third-order valence-electron chi connectivity index (χ3n) is 3.28. The van der Waals surface area contributed by atoms with Crippen LogP contribution in [0.2, 0.25) is 0 Å². The van der Waals surface area contributed by atoms with Crippen molar-refractivity contribution in [2.24, 2.45) is 10.1 Å². The first-order valence-electron chi connectivity index (χ1n) is 6.70. The summed E-state index contributed by atoms with van der Waals surface area (Å²) in [6.07, 6.45) is 6.63. The largest absolute Gasteiger partial charge is 0.321 e. The molecular formula is C14H8FN5O5. The topological polar surface area (TPSA) is 138 Å². The molecular weight excluding hydrogens is 337 g/mol. The lowest BCUT2D eigenvalue weighted by molar-refractivity contribution is -0.418. The molecule has 2 N–H and O–H groups in total. The van der Waals surface area contributed by atoms with E-state index in [1.165, 1.54) is 12.2 Å². The summed E-state index contributed by atoms with van der Waals surface area (Å²) in [6, 6.07) is 0. The third kappa shape index (κ3) is 2.90. The zero-order chi connectivity index (χ0) is 18.1. The van der Waals surface area contributed by atoms with Crippen LogP contribution in [0.3, 0.4) is 0 Å². The van der Waals surface area contributed by atoms with E-state index in [9.17, 15) is 29.3 Å². The Kier molecular flexibility index (Phi) is 3.91. The van der Waals surface area contributed by atoms with Gasteiger partial charge in [0.25, 0.3) is 0 Å². The van der Waals surface area contributed by atoms with Crippen molar-refractivity contribution in [3.63, 3.8) is 0 Å². The molecule has 0 aromatic heterocycles. The zero-order valence-electron chi connectivity index (χ0n) is 12.2. The van der Waals surface area contributed by atoms with Gasteiger partial charge in [-0.2, -0.15) is 14.6 Å². The first-order valence-corrected chi connectivity index (χ1v) is 6.70. The number of hydrazone groups is 1. The zero-order valence-corrected chi connectivity index (χ0v) is 12.2. The predicted molar refractivity (Wildman–Crippen MR) is 81.2 cm³/mol. The number of nitro groups is 1. The van der Waals surface area contributed by atoms with Gasteiger partial charge in [0.15, 0.2) is 5.82 Å². The summed E-state index contributed by atoms with van der Waals surface area (Å²) >= 11 is 0. The molecule has 0 unspecified atom stereocenters. The van der Waals surface area contributed by atoms with Gasteiger partial charge in [-0.25, -0.2) is 4.99 Å². The van der Waals surface area contributed by atoms with Crippen molar-refractivity contribution in [2.45, 2.75) is 0 Å². The SMILES string of the molecule is O=C1C=C(C2=N/C(=C3\C=CC=C(F)N3O)NN=C2)C=C([N+](=O)[O-])C1=O. The number of hydrogen-bond donors (Lipinski definition) is 2. The second-order valence-electron chi connectivity index (χ2n) is 4.84. The van der Waals surface area contributed by atoms with Gasteiger partial charge in [-0.1, -0.05) is 6.08 Å². The smallest absolute Gasteiger partial charge is 0.285 e. The highest BCUT2D eigenvalue weighted by Gasteiger charge is 2.33. The highest BCUT2D eigenvalue weighted by molar-refractivity contribution is 6.51. The standard InChI is InChI=1S/C14H8FN5O5/c15-12-3-1-2-9(19(12)23)14-17-8(6-16-18-14)7-4-10(20(24)25)13(22)11(21)5-7/h1-6,18,23H/b14-9-. The van der Waals surface area contributed by atoms with E-state index in [0.29, 0.717) is 0 Å². The normalized spacial score (nSPS) is 22.9. The average molecular weight is 345 g/mol. The fourth-order valence-electron chi connectivity index (χ4n) is 2.11. The summed E-state index contributed by atoms with van der Waals surface area (Å²) < 4.78 is 13.4. The Balaban J connectivity index is 2.04. The lowest BCUT2D eigenvalue weighted by atomic mass is 9.99. The summed E-state index contributed by atoms with van der Waals surface area (Å²) in [5, 5.41) is 24.5. The number of aliphatic imine (C=N–C) groups is 1. The van der Waals surface area contributed by atoms with Crippen LogP contribution >= 0.6 is 0 Å². The molecule has 3 aliphatic rings. The molecule has 0 bridgehead atoms. The molecule has 0 aromatic rings. The van der Waals surface area contributed by atoms with Crippen LogP contribution in [0.25, 0.3) is 0 Å². The van der Waals surface area contributed by atoms with Gasteiger partial charge in [-0.15, -0.1) is 0 Å². The Bertz CT molecular complexity index is 922. The third-order valence-corrected chi connectivity index (χ3v) is 3.28. The second kappa shape index (κ2) is 6.05. The Morgan fingerprint density at radius 2 is 2.08 bits per heavy atom. The van der Waals surface area contributed by atoms with Gasteiger partial charge in [0.1, 0.15) is 5.70 Å². The second-order valence-corrected chi connectivity index (χ2v) is 4.84. The minimum absolute atomic E-state index is 0.0122. The fourth-order valence-corrected chi connectivity index (χ4v) is 2.11. The number of ketones is 2. The number of carbonyl (C=O) groups is 2. The molecule has 2 heterocycles. The number of nitrogens with zero attached hydrogens (tertiary/aromatic N) is 4. The molecule has 0 saturated carbocycles. The Labute approximate surface area is 138 Å². The van der Waals surface area contributed by atoms with Crippen molar-refractivity contribution in [1.82, 2.24) is 10.5 Å². The maximum atomic E-state index is 13.4. The molecule has 0 aromatic carbocycles. The molecule has 1 aliphatic carbocycles. The van der Waals surface area contributed by atoms with E-state index < -0.39 is 28.1 Å². The van der Waals surface area contributed by atoms with Crippen LogP contribution in [0, 0.1) is 10.1 Å². The summed E-state index contributed by atoms with van der Waals surface area (Å²) in [6.45, 7) is 0. The van der Waals surface area contributed by atoms with Crippen LogP contribution in [0.1, 0.15) is 0 Å². The summed E-state index contributed by atoms with van der Waals surface area (Å²) in [4.78, 5) is 37.1. The molecule has 11 heteroatoms. The molecule has 3 rings (SSSR count). The molecule has 0 atom stereocenters. The van der Waals surface area contributed by atoms with E-state index in [-0.39, 0.29) is 27.9 Å². The molecule has 0 amide bonds. The van der Waals surface area contributed by atoms with Gasteiger partial charge in [0, 0.05) is 11.6 Å². The maximum absolute atomic E-state index is 13.4. The molecule has 0 radical (unpaired) electrons. The first kappa shape index (κ1) is 16.1. The van der Waals surface area contributed by atoms with Crippen molar-refractivity contribution < 1.29 is 24.1 Å². The summed E-state index contributed by atoms with van der Waals surface area (Å²) in [5.41, 5.74) is 1.48. The fraction of sp³-hybridized carbons (Fsp3) is 0. The lowest BCUT2D eigenvalue weighted by Gasteiger charge is -2.21. The summed E-state index contributed by atoms with van der Waals surface area (Å²) in [7, 11) is 0. The number of halogens is 1. The number of allylic oxidation sites excluding steroid dienone is 7. The number of hydroxylamine groups is 2. The van der Waals surface area contributed by atoms with Gasteiger partial charge in [0.2, 0.25) is 11.7 Å². The number of hydrogen-bond acceptors (Lipinski definition) is 9. The number of carbonyl (C=O) groups excluding carboxylic acids is 2. The lowest BCUT2D eigenvalue weighted by Crippen LogP contribution is -2.28. The highest BCUT2D eigenvalue weighted by Crippen LogP contribution is 2.22. The van der Waals surface area contributed by atoms with E-state index in [0.717, 1.165) is 24.4 Å². The van der Waals surface area contributed by atoms with Crippen molar-refractivity contribution in [2.75, 3.05) is 0 Å². The maximum Gasteiger partial charge on any atom is 0.321 e. The van der Waals surface area contributed by atoms with E-state index in [2.05, 4.69) is 15.5 Å². The number of nitrogens with one attached hydrogen (secondary N) is 1. The van der Waals surface area contributed by atoms with Crippen LogP contribution in [-0.4, -0.2) is 38.7 Å². The molecule has 10 nitrogen and oxygen atoms in total. The number of rotatable bonds is 2. The molecule has 0 fully saturated rings. The Hall–Kier alpha value is -3.73. The minimum Gasteiger partial charge on any atom is -0.285 e. The monoisotopic (exact) mass is 345 g/mol. The van der Waals surface area contributed by atoms with E-state index in [1.807, 2.05) is 0 Å². The van der Waals surface area contributed by atoms with Crippen molar-refractivity contribution in [3.8, 4) is 0 Å². The predicted octanol–water partition coefficient (Wildman–Crippen LogP) is 0.496. The van der Waals surface area contributed by atoms with Crippen molar-refractivity contribution >= 4 is 23.5 Å². The van der Waals surface area contributed by atoms with E-state index in [1.54, 1.807) is 0 Å². The first-order chi connectivity index (χ1) is 11.9. The van der Waals surface area contributed by atoms with Crippen LogP contribution in [0.15, 0.2) is 69.2 Å². The molecule has 0 spiro atoms. The molecule has 0 saturated heterocycles. The van der Waals surface area contributed by atoms with Gasteiger partial charge in [-0.3, -0.25) is 30.3 Å². The average Bonchev–Trinajstić information content (AvgIpc) is 2.59. The van der Waals surface area contributed by atoms with Crippen molar-refractivity contribution in [3.05, 3.63) is 69.2 Å². The van der Waals surface area contributed by atoms with Crippen LogP contribution in [-0.2, 0) is 9.59 Å². The molecule has 2 aliphatic heterocycles. The van der Waals surface area contributed by atoms with Gasteiger partial charge < -0.3 is 0 Å². The minimum atomic E-state index is -1.23. The van der Waals surface area contributed by atoms with E-state index >= 15 is 0 Å². The van der Waals surface area contributed by atoms with Gasteiger partial charge >= 0.3 is 11.5 Å². The Morgan fingerprint density at radius 3 is 2.80 bits per heavy atom. The van der Waals surface area contributed by atoms with Crippen LogP contribution in [0.4, 0.5) is 4.39 Å². The van der Waals surface area contributed by atoms with Gasteiger partial charge in [-0.05, 0) is 18.2 Å². The van der Waals surface area contributed by atoms with Crippen LogP contribution < -0.4 is 5.43 Å². The van der Waals surface area contributed by atoms with Gasteiger partial charge in [0.05, 0.1) is 16.8 Å². The van der Waals surface area contributed by atoms with Crippen molar-refractivity contribution in [1.29, 1.82) is 0 Å². The Morgan fingerprint density at radius 1 is 1.32 bits per heavy atom. The quantitative estimate of drug-likeness (QED) is 0.244. The highest BCUT2D eigenvalue weighted by atomic mass is 19.1. The molecule has 25 heavy (non-hydrogen) atoms. The van der Waals surface area contributed by atoms with Crippen LogP contribution in [0.5, 0.6) is 0 Å².